The van der Waals surface area contributed by atoms with Crippen molar-refractivity contribution in [2.45, 2.75) is 38.3 Å². The highest BCUT2D eigenvalue weighted by atomic mass is 16.5. The van der Waals surface area contributed by atoms with E-state index in [-0.39, 0.29) is 0 Å². The lowest BCUT2D eigenvalue weighted by Crippen LogP contribution is -2.31. The number of fused-ring (bicyclic) bond motifs is 1. The summed E-state index contributed by atoms with van der Waals surface area (Å²) < 4.78 is 5.31. The van der Waals surface area contributed by atoms with E-state index in [1.54, 1.807) is 7.11 Å². The molecule has 0 saturated heterocycles. The Morgan fingerprint density at radius 3 is 3.06 bits per heavy atom. The number of aryl methyl sites for hydroxylation is 1. The van der Waals surface area contributed by atoms with Gasteiger partial charge in [0.15, 0.2) is 0 Å². The SMILES string of the molecule is C=CC(C)NC1CCCc2ccc(OC)cc21. The standard InChI is InChI=1S/C15H21NO/c1-4-11(2)16-15-7-5-6-12-8-9-13(17-3)10-14(12)15/h4,8-11,15-16H,1,5-7H2,2-3H3. The third-order valence-electron chi connectivity index (χ3n) is 3.48. The van der Waals surface area contributed by atoms with Gasteiger partial charge in [-0.05, 0) is 49.4 Å². The molecular weight excluding hydrogens is 210 g/mol. The van der Waals surface area contributed by atoms with E-state index in [1.807, 2.05) is 6.08 Å². The zero-order chi connectivity index (χ0) is 12.3. The third-order valence-corrected chi connectivity index (χ3v) is 3.48. The summed E-state index contributed by atoms with van der Waals surface area (Å²) >= 11 is 0. The van der Waals surface area contributed by atoms with Crippen molar-refractivity contribution in [3.8, 4) is 5.75 Å². The van der Waals surface area contributed by atoms with Gasteiger partial charge in [-0.3, -0.25) is 0 Å². The highest BCUT2D eigenvalue weighted by Crippen LogP contribution is 2.32. The molecule has 2 heteroatoms. The fourth-order valence-corrected chi connectivity index (χ4v) is 2.46. The van der Waals surface area contributed by atoms with Gasteiger partial charge in [-0.15, -0.1) is 6.58 Å². The van der Waals surface area contributed by atoms with Crippen LogP contribution in [-0.2, 0) is 6.42 Å². The Morgan fingerprint density at radius 2 is 2.35 bits per heavy atom. The quantitative estimate of drug-likeness (QED) is 0.803. The Morgan fingerprint density at radius 1 is 1.53 bits per heavy atom. The van der Waals surface area contributed by atoms with Gasteiger partial charge >= 0.3 is 0 Å². The van der Waals surface area contributed by atoms with Crippen LogP contribution in [0, 0.1) is 0 Å². The highest BCUT2D eigenvalue weighted by Gasteiger charge is 2.21. The fraction of sp³-hybridized carbons (Fsp3) is 0.467. The van der Waals surface area contributed by atoms with Gasteiger partial charge in [0.05, 0.1) is 7.11 Å². The Hall–Kier alpha value is -1.28. The number of hydrogen-bond donors (Lipinski definition) is 1. The molecular formula is C15H21NO. The Bertz CT molecular complexity index is 400. The first-order chi connectivity index (χ1) is 8.24. The molecule has 92 valence electrons. The van der Waals surface area contributed by atoms with Crippen LogP contribution in [0.3, 0.4) is 0 Å². The lowest BCUT2D eigenvalue weighted by molar-refractivity contribution is 0.406. The number of ether oxygens (including phenoxy) is 1. The second-order valence-corrected chi connectivity index (χ2v) is 4.70. The molecule has 0 fully saturated rings. The summed E-state index contributed by atoms with van der Waals surface area (Å²) in [5, 5.41) is 3.60. The van der Waals surface area contributed by atoms with Gasteiger partial charge in [0.1, 0.15) is 5.75 Å². The number of methoxy groups -OCH3 is 1. The maximum absolute atomic E-state index is 5.31. The normalized spacial score (nSPS) is 20.5. The first-order valence-electron chi connectivity index (χ1n) is 6.30. The van der Waals surface area contributed by atoms with Gasteiger partial charge < -0.3 is 10.1 Å². The van der Waals surface area contributed by atoms with Crippen molar-refractivity contribution in [1.82, 2.24) is 5.32 Å². The van der Waals surface area contributed by atoms with Gasteiger partial charge in [-0.25, -0.2) is 0 Å². The molecule has 1 aliphatic rings. The second kappa shape index (κ2) is 5.37. The topological polar surface area (TPSA) is 21.3 Å². The molecule has 1 N–H and O–H groups in total. The first-order valence-corrected chi connectivity index (χ1v) is 6.30. The summed E-state index contributed by atoms with van der Waals surface area (Å²) in [6, 6.07) is 7.19. The number of hydrogen-bond acceptors (Lipinski definition) is 2. The highest BCUT2D eigenvalue weighted by molar-refractivity contribution is 5.39. The van der Waals surface area contributed by atoms with Crippen LogP contribution in [0.4, 0.5) is 0 Å². The van der Waals surface area contributed by atoms with E-state index in [2.05, 4.69) is 37.0 Å². The number of benzene rings is 1. The van der Waals surface area contributed by atoms with Gasteiger partial charge in [-0.1, -0.05) is 12.1 Å². The Kier molecular flexibility index (Phi) is 3.85. The monoisotopic (exact) mass is 231 g/mol. The third kappa shape index (κ3) is 2.70. The molecule has 0 aromatic heterocycles. The van der Waals surface area contributed by atoms with Crippen molar-refractivity contribution >= 4 is 0 Å². The molecule has 0 bridgehead atoms. The molecule has 2 nitrogen and oxygen atoms in total. The zero-order valence-corrected chi connectivity index (χ0v) is 10.7. The summed E-state index contributed by atoms with van der Waals surface area (Å²) in [6.07, 6.45) is 5.58. The van der Waals surface area contributed by atoms with Gasteiger partial charge in [0.25, 0.3) is 0 Å². The molecule has 0 heterocycles. The molecule has 2 atom stereocenters. The summed E-state index contributed by atoms with van der Waals surface area (Å²) in [5.41, 5.74) is 2.84. The first kappa shape index (κ1) is 12.2. The molecule has 0 spiro atoms. The van der Waals surface area contributed by atoms with E-state index in [4.69, 9.17) is 4.74 Å². The molecule has 1 aromatic rings. The predicted octanol–water partition coefficient (Wildman–Crippen LogP) is 3.24. The molecule has 0 radical (unpaired) electrons. The maximum Gasteiger partial charge on any atom is 0.119 e. The van der Waals surface area contributed by atoms with Crippen LogP contribution in [0.15, 0.2) is 30.9 Å². The summed E-state index contributed by atoms with van der Waals surface area (Å²) in [6.45, 7) is 5.97. The van der Waals surface area contributed by atoms with E-state index >= 15 is 0 Å². The van der Waals surface area contributed by atoms with Crippen LogP contribution in [0.2, 0.25) is 0 Å². The van der Waals surface area contributed by atoms with Crippen LogP contribution in [0.5, 0.6) is 5.75 Å². The smallest absolute Gasteiger partial charge is 0.119 e. The molecule has 1 aliphatic carbocycles. The van der Waals surface area contributed by atoms with Crippen molar-refractivity contribution in [1.29, 1.82) is 0 Å². The summed E-state index contributed by atoms with van der Waals surface area (Å²) in [7, 11) is 1.72. The minimum Gasteiger partial charge on any atom is -0.497 e. The van der Waals surface area contributed by atoms with Crippen LogP contribution in [0.25, 0.3) is 0 Å². The van der Waals surface area contributed by atoms with Crippen molar-refractivity contribution in [2.24, 2.45) is 0 Å². The van der Waals surface area contributed by atoms with Crippen molar-refractivity contribution < 1.29 is 4.74 Å². The molecule has 0 aliphatic heterocycles. The van der Waals surface area contributed by atoms with Crippen LogP contribution >= 0.6 is 0 Å². The van der Waals surface area contributed by atoms with Crippen molar-refractivity contribution in [3.63, 3.8) is 0 Å². The van der Waals surface area contributed by atoms with Gasteiger partial charge in [0, 0.05) is 12.1 Å². The maximum atomic E-state index is 5.31. The molecule has 2 unspecified atom stereocenters. The second-order valence-electron chi connectivity index (χ2n) is 4.70. The lowest BCUT2D eigenvalue weighted by Gasteiger charge is -2.28. The Balaban J connectivity index is 2.25. The summed E-state index contributed by atoms with van der Waals surface area (Å²) in [4.78, 5) is 0. The lowest BCUT2D eigenvalue weighted by atomic mass is 9.87. The predicted molar refractivity (Wildman–Crippen MR) is 71.5 cm³/mol. The van der Waals surface area contributed by atoms with Crippen LogP contribution < -0.4 is 10.1 Å². The molecule has 17 heavy (non-hydrogen) atoms. The average Bonchev–Trinajstić information content (AvgIpc) is 2.38. The average molecular weight is 231 g/mol. The molecule has 0 saturated carbocycles. The van der Waals surface area contributed by atoms with Gasteiger partial charge in [0.2, 0.25) is 0 Å². The summed E-state index contributed by atoms with van der Waals surface area (Å²) in [5.74, 6) is 0.948. The van der Waals surface area contributed by atoms with Crippen LogP contribution in [0.1, 0.15) is 36.9 Å². The van der Waals surface area contributed by atoms with E-state index in [1.165, 1.54) is 30.4 Å². The minimum absolute atomic E-state index is 0.345. The van der Waals surface area contributed by atoms with Crippen molar-refractivity contribution in [2.75, 3.05) is 7.11 Å². The number of rotatable bonds is 4. The zero-order valence-electron chi connectivity index (χ0n) is 10.7. The molecule has 0 amide bonds. The minimum atomic E-state index is 0.345. The van der Waals surface area contributed by atoms with Crippen molar-refractivity contribution in [3.05, 3.63) is 42.0 Å². The van der Waals surface area contributed by atoms with Gasteiger partial charge in [-0.2, -0.15) is 0 Å². The molecule has 1 aromatic carbocycles. The Labute approximate surface area is 104 Å². The fourth-order valence-electron chi connectivity index (χ4n) is 2.46. The van der Waals surface area contributed by atoms with E-state index in [0.29, 0.717) is 12.1 Å². The van der Waals surface area contributed by atoms with E-state index < -0.39 is 0 Å². The van der Waals surface area contributed by atoms with Crippen LogP contribution in [-0.4, -0.2) is 13.2 Å². The van der Waals surface area contributed by atoms with E-state index in [9.17, 15) is 0 Å². The largest absolute Gasteiger partial charge is 0.497 e. The van der Waals surface area contributed by atoms with E-state index in [0.717, 1.165) is 5.75 Å². The molecule has 2 rings (SSSR count). The number of nitrogens with one attached hydrogen (secondary N) is 1.